The molecule has 164 valence electrons. The maximum atomic E-state index is 13.4. The third kappa shape index (κ3) is 4.05. The van der Waals surface area contributed by atoms with Gasteiger partial charge >= 0.3 is 0 Å². The van der Waals surface area contributed by atoms with Crippen LogP contribution in [0.3, 0.4) is 0 Å². The topological polar surface area (TPSA) is 59.3 Å². The molecule has 1 N–H and O–H groups in total. The van der Waals surface area contributed by atoms with E-state index in [1.807, 2.05) is 68.0 Å². The lowest BCUT2D eigenvalue weighted by Gasteiger charge is -2.34. The maximum absolute atomic E-state index is 13.4. The number of fused-ring (bicyclic) bond motifs is 1. The molecule has 1 amide bonds. The summed E-state index contributed by atoms with van der Waals surface area (Å²) in [4.78, 5) is 22.3. The van der Waals surface area contributed by atoms with Crippen LogP contribution in [0.1, 0.15) is 30.9 Å². The minimum atomic E-state index is -0.729. The monoisotopic (exact) mass is 452 g/mol. The lowest BCUT2D eigenvalue weighted by molar-refractivity contribution is -0.124. The van der Waals surface area contributed by atoms with Gasteiger partial charge in [0.1, 0.15) is 5.82 Å². The molecule has 33 heavy (non-hydrogen) atoms. The molecule has 5 nitrogen and oxygen atoms in total. The predicted molar refractivity (Wildman–Crippen MR) is 133 cm³/mol. The Labute approximate surface area is 196 Å². The number of nitrogens with zero attached hydrogens (tertiary/aromatic N) is 3. The van der Waals surface area contributed by atoms with E-state index < -0.39 is 5.41 Å². The summed E-state index contributed by atoms with van der Waals surface area (Å²) < 4.78 is 2.09. The van der Waals surface area contributed by atoms with E-state index in [9.17, 15) is 4.79 Å². The van der Waals surface area contributed by atoms with Crippen molar-refractivity contribution in [2.24, 2.45) is 5.41 Å². The molecule has 0 bridgehead atoms. The standard InChI is InChI=1S/C27H24N4OS/c1-27(2,25(32)30-26-28-14-16-33-26)23(19-9-5-3-6-10-19)21-13-15-31-22(17-21)18-29-24(31)20-11-7-4-8-12-20/h3-18,23H,1-2H3,(H,28,30,32)/t23-/m0/s1. The number of benzene rings is 2. The zero-order valence-corrected chi connectivity index (χ0v) is 19.3. The second-order valence-corrected chi connectivity index (χ2v) is 9.45. The Morgan fingerprint density at radius 1 is 0.970 bits per heavy atom. The molecule has 3 heterocycles. The summed E-state index contributed by atoms with van der Waals surface area (Å²) in [5, 5.41) is 5.46. The second kappa shape index (κ2) is 8.64. The normalized spacial score (nSPS) is 12.5. The number of amides is 1. The number of carbonyl (C=O) groups is 1. The van der Waals surface area contributed by atoms with Crippen molar-refractivity contribution in [3.05, 3.63) is 108 Å². The van der Waals surface area contributed by atoms with Crippen LogP contribution < -0.4 is 5.32 Å². The van der Waals surface area contributed by atoms with E-state index in [-0.39, 0.29) is 11.8 Å². The van der Waals surface area contributed by atoms with Crippen LogP contribution in [0.2, 0.25) is 0 Å². The van der Waals surface area contributed by atoms with Gasteiger partial charge in [-0.15, -0.1) is 11.3 Å². The second-order valence-electron chi connectivity index (χ2n) is 8.56. The SMILES string of the molecule is CC(C)(C(=O)Nc1nccs1)[C@@H](c1ccccc1)c1ccn2c(-c3ccccc3)ncc2c1. The van der Waals surface area contributed by atoms with Crippen LogP contribution in [0.4, 0.5) is 5.13 Å². The molecule has 6 heteroatoms. The van der Waals surface area contributed by atoms with Crippen molar-refractivity contribution in [3.8, 4) is 11.4 Å². The molecule has 2 aromatic carbocycles. The average molecular weight is 453 g/mol. The van der Waals surface area contributed by atoms with Crippen LogP contribution in [0, 0.1) is 5.41 Å². The van der Waals surface area contributed by atoms with Crippen molar-refractivity contribution in [2.45, 2.75) is 19.8 Å². The number of carbonyl (C=O) groups excluding carboxylic acids is 1. The van der Waals surface area contributed by atoms with Gasteiger partial charge in [-0.05, 0) is 23.3 Å². The van der Waals surface area contributed by atoms with Gasteiger partial charge in [-0.1, -0.05) is 74.5 Å². The third-order valence-corrected chi connectivity index (χ3v) is 6.70. The number of thiazole rings is 1. The van der Waals surface area contributed by atoms with Crippen LogP contribution in [0.5, 0.6) is 0 Å². The molecular weight excluding hydrogens is 428 g/mol. The summed E-state index contributed by atoms with van der Waals surface area (Å²) in [6.07, 6.45) is 5.63. The van der Waals surface area contributed by atoms with Gasteiger partial charge in [0.25, 0.3) is 0 Å². The number of imidazole rings is 1. The molecule has 0 aliphatic heterocycles. The van der Waals surface area contributed by atoms with Crippen LogP contribution in [-0.2, 0) is 4.79 Å². The van der Waals surface area contributed by atoms with Gasteiger partial charge < -0.3 is 5.32 Å². The van der Waals surface area contributed by atoms with E-state index in [1.54, 1.807) is 6.20 Å². The first-order chi connectivity index (χ1) is 16.0. The van der Waals surface area contributed by atoms with Crippen molar-refractivity contribution in [3.63, 3.8) is 0 Å². The van der Waals surface area contributed by atoms with Gasteiger partial charge in [0.15, 0.2) is 5.13 Å². The molecule has 0 fully saturated rings. The fourth-order valence-corrected chi connectivity index (χ4v) is 4.87. The van der Waals surface area contributed by atoms with Gasteiger partial charge in [-0.25, -0.2) is 9.97 Å². The Morgan fingerprint density at radius 2 is 1.70 bits per heavy atom. The first kappa shape index (κ1) is 21.1. The van der Waals surface area contributed by atoms with Gasteiger partial charge in [0.05, 0.1) is 17.1 Å². The highest BCUT2D eigenvalue weighted by Gasteiger charge is 2.39. The van der Waals surface area contributed by atoms with E-state index >= 15 is 0 Å². The lowest BCUT2D eigenvalue weighted by atomic mass is 9.70. The number of hydrogen-bond donors (Lipinski definition) is 1. The van der Waals surface area contributed by atoms with Crippen molar-refractivity contribution in [2.75, 3.05) is 5.32 Å². The zero-order valence-electron chi connectivity index (χ0n) is 18.5. The van der Waals surface area contributed by atoms with Crippen molar-refractivity contribution < 1.29 is 4.79 Å². The van der Waals surface area contributed by atoms with Gasteiger partial charge in [-0.2, -0.15) is 0 Å². The molecule has 3 aromatic heterocycles. The lowest BCUT2D eigenvalue weighted by Crippen LogP contribution is -2.37. The van der Waals surface area contributed by atoms with Gasteiger partial charge in [-0.3, -0.25) is 9.20 Å². The van der Waals surface area contributed by atoms with E-state index in [1.165, 1.54) is 11.3 Å². The first-order valence-corrected chi connectivity index (χ1v) is 11.7. The Bertz CT molecular complexity index is 1380. The highest BCUT2D eigenvalue weighted by atomic mass is 32.1. The molecule has 1 atom stereocenters. The molecule has 0 unspecified atom stereocenters. The van der Waals surface area contributed by atoms with E-state index in [0.717, 1.165) is 28.0 Å². The Morgan fingerprint density at radius 3 is 2.39 bits per heavy atom. The number of aromatic nitrogens is 3. The van der Waals surface area contributed by atoms with E-state index in [4.69, 9.17) is 0 Å². The Balaban J connectivity index is 1.58. The molecule has 0 aliphatic carbocycles. The van der Waals surface area contributed by atoms with Crippen molar-refractivity contribution in [1.82, 2.24) is 14.4 Å². The van der Waals surface area contributed by atoms with E-state index in [0.29, 0.717) is 5.13 Å². The zero-order chi connectivity index (χ0) is 22.8. The van der Waals surface area contributed by atoms with Crippen LogP contribution >= 0.6 is 11.3 Å². The van der Waals surface area contributed by atoms with Crippen LogP contribution in [-0.4, -0.2) is 20.3 Å². The average Bonchev–Trinajstić information content (AvgIpc) is 3.50. The number of anilines is 1. The number of hydrogen-bond acceptors (Lipinski definition) is 4. The molecule has 5 aromatic rings. The smallest absolute Gasteiger partial charge is 0.232 e. The third-order valence-electron chi connectivity index (χ3n) is 6.01. The number of rotatable bonds is 6. The molecule has 0 saturated carbocycles. The summed E-state index contributed by atoms with van der Waals surface area (Å²) >= 11 is 1.42. The van der Waals surface area contributed by atoms with E-state index in [2.05, 4.69) is 56.1 Å². The first-order valence-electron chi connectivity index (χ1n) is 10.8. The highest BCUT2D eigenvalue weighted by molar-refractivity contribution is 7.13. The Kier molecular flexibility index (Phi) is 5.52. The summed E-state index contributed by atoms with van der Waals surface area (Å²) in [5.74, 6) is 0.678. The molecule has 5 rings (SSSR count). The largest absolute Gasteiger partial charge is 0.301 e. The molecule has 0 radical (unpaired) electrons. The summed E-state index contributed by atoms with van der Waals surface area (Å²) in [6.45, 7) is 3.98. The fourth-order valence-electron chi connectivity index (χ4n) is 4.34. The quantitative estimate of drug-likeness (QED) is 0.331. The van der Waals surface area contributed by atoms with Gasteiger partial charge in [0, 0.05) is 29.3 Å². The molecule has 0 saturated heterocycles. The van der Waals surface area contributed by atoms with Crippen LogP contribution in [0.25, 0.3) is 16.9 Å². The van der Waals surface area contributed by atoms with Crippen molar-refractivity contribution >= 4 is 27.9 Å². The number of pyridine rings is 1. The fraction of sp³-hybridized carbons (Fsp3) is 0.148. The van der Waals surface area contributed by atoms with Crippen LogP contribution in [0.15, 0.2) is 96.8 Å². The highest BCUT2D eigenvalue weighted by Crippen LogP contribution is 2.42. The predicted octanol–water partition coefficient (Wildman–Crippen LogP) is 6.25. The summed E-state index contributed by atoms with van der Waals surface area (Å²) in [6, 6.07) is 24.6. The minimum absolute atomic E-state index is 0.0651. The number of nitrogens with one attached hydrogen (secondary N) is 1. The maximum Gasteiger partial charge on any atom is 0.232 e. The molecular formula is C27H24N4OS. The Hall–Kier alpha value is -3.77. The molecule has 0 spiro atoms. The summed E-state index contributed by atoms with van der Waals surface area (Å²) in [7, 11) is 0. The van der Waals surface area contributed by atoms with Crippen molar-refractivity contribution in [1.29, 1.82) is 0 Å². The summed E-state index contributed by atoms with van der Waals surface area (Å²) in [5.41, 5.74) is 3.47. The van der Waals surface area contributed by atoms with Gasteiger partial charge in [0.2, 0.25) is 5.91 Å². The molecule has 0 aliphatic rings. The minimum Gasteiger partial charge on any atom is -0.301 e.